The second-order valence-corrected chi connectivity index (χ2v) is 3.09. The first-order valence-corrected chi connectivity index (χ1v) is 4.29. The molecular formula is C9H11ClFN3O. The number of carbonyl (C=O) groups excluding carboxylic acids is 1. The van der Waals surface area contributed by atoms with Gasteiger partial charge in [-0.2, -0.15) is 0 Å². The van der Waals surface area contributed by atoms with Crippen LogP contribution >= 0.6 is 12.4 Å². The van der Waals surface area contributed by atoms with Crippen molar-refractivity contribution in [1.82, 2.24) is 5.32 Å². The molecule has 2 rings (SSSR count). The highest BCUT2D eigenvalue weighted by atomic mass is 35.5. The first-order valence-electron chi connectivity index (χ1n) is 4.29. The van der Waals surface area contributed by atoms with E-state index >= 15 is 0 Å². The van der Waals surface area contributed by atoms with Crippen LogP contribution in [0.1, 0.15) is 0 Å². The summed E-state index contributed by atoms with van der Waals surface area (Å²) in [6, 6.07) is 3.90. The zero-order valence-corrected chi connectivity index (χ0v) is 8.68. The van der Waals surface area contributed by atoms with E-state index in [4.69, 9.17) is 5.73 Å². The molecule has 1 aliphatic heterocycles. The number of halogens is 2. The van der Waals surface area contributed by atoms with Crippen molar-refractivity contribution in [2.75, 3.05) is 23.7 Å². The van der Waals surface area contributed by atoms with Crippen LogP contribution in [0, 0.1) is 5.82 Å². The Morgan fingerprint density at radius 3 is 2.80 bits per heavy atom. The molecule has 0 atom stereocenters. The molecule has 4 nitrogen and oxygen atoms in total. The highest BCUT2D eigenvalue weighted by Crippen LogP contribution is 2.23. The summed E-state index contributed by atoms with van der Waals surface area (Å²) in [4.78, 5) is 12.6. The lowest BCUT2D eigenvalue weighted by molar-refractivity contribution is 0.252. The van der Waals surface area contributed by atoms with Gasteiger partial charge in [-0.05, 0) is 18.2 Å². The Kier molecular flexibility index (Phi) is 3.36. The normalized spacial score (nSPS) is 14.7. The highest BCUT2D eigenvalue weighted by Gasteiger charge is 2.23. The average molecular weight is 232 g/mol. The molecule has 1 heterocycles. The Balaban J connectivity index is 0.00000112. The predicted molar refractivity (Wildman–Crippen MR) is 58.8 cm³/mol. The van der Waals surface area contributed by atoms with Gasteiger partial charge in [-0.15, -0.1) is 12.4 Å². The number of anilines is 2. The van der Waals surface area contributed by atoms with Crippen LogP contribution in [-0.4, -0.2) is 19.1 Å². The number of nitrogens with two attached hydrogens (primary N) is 1. The van der Waals surface area contributed by atoms with E-state index in [1.54, 1.807) is 0 Å². The Bertz CT molecular complexity index is 386. The lowest BCUT2D eigenvalue weighted by Gasteiger charge is -2.15. The first-order chi connectivity index (χ1) is 6.68. The lowest BCUT2D eigenvalue weighted by atomic mass is 10.2. The van der Waals surface area contributed by atoms with Crippen LogP contribution in [0.25, 0.3) is 0 Å². The largest absolute Gasteiger partial charge is 0.399 e. The first kappa shape index (κ1) is 11.6. The molecule has 3 N–H and O–H groups in total. The Morgan fingerprint density at radius 1 is 1.47 bits per heavy atom. The molecule has 0 spiro atoms. The maximum atomic E-state index is 13.3. The molecular weight excluding hydrogens is 221 g/mol. The van der Waals surface area contributed by atoms with Crippen molar-refractivity contribution >= 4 is 29.8 Å². The monoisotopic (exact) mass is 231 g/mol. The zero-order valence-electron chi connectivity index (χ0n) is 7.87. The number of urea groups is 1. The maximum Gasteiger partial charge on any atom is 0.322 e. The van der Waals surface area contributed by atoms with Crippen LogP contribution in [-0.2, 0) is 0 Å². The SMILES string of the molecule is Cl.Nc1ccc(F)c(N2CCNC2=O)c1. The summed E-state index contributed by atoms with van der Waals surface area (Å²) in [7, 11) is 0. The minimum absolute atomic E-state index is 0. The van der Waals surface area contributed by atoms with Gasteiger partial charge in [-0.25, -0.2) is 9.18 Å². The lowest BCUT2D eigenvalue weighted by Crippen LogP contribution is -2.28. The van der Waals surface area contributed by atoms with Crippen molar-refractivity contribution in [1.29, 1.82) is 0 Å². The quantitative estimate of drug-likeness (QED) is 0.717. The van der Waals surface area contributed by atoms with Crippen molar-refractivity contribution in [2.24, 2.45) is 0 Å². The van der Waals surface area contributed by atoms with E-state index in [0.717, 1.165) is 0 Å². The molecule has 0 bridgehead atoms. The van der Waals surface area contributed by atoms with E-state index < -0.39 is 5.82 Å². The van der Waals surface area contributed by atoms with Crippen molar-refractivity contribution in [2.45, 2.75) is 0 Å². The van der Waals surface area contributed by atoms with Crippen LogP contribution < -0.4 is 16.0 Å². The summed E-state index contributed by atoms with van der Waals surface area (Å²) in [6.45, 7) is 1.01. The number of nitrogen functional groups attached to an aromatic ring is 1. The van der Waals surface area contributed by atoms with Gasteiger partial charge in [0.25, 0.3) is 0 Å². The molecule has 1 aliphatic rings. The van der Waals surface area contributed by atoms with Gasteiger partial charge in [0.15, 0.2) is 0 Å². The zero-order chi connectivity index (χ0) is 10.1. The topological polar surface area (TPSA) is 58.4 Å². The molecule has 15 heavy (non-hydrogen) atoms. The van der Waals surface area contributed by atoms with Gasteiger partial charge in [0.05, 0.1) is 5.69 Å². The van der Waals surface area contributed by atoms with Crippen LogP contribution in [0.15, 0.2) is 18.2 Å². The molecule has 1 aromatic carbocycles. The van der Waals surface area contributed by atoms with Gasteiger partial charge in [0, 0.05) is 18.8 Å². The number of hydrogen-bond acceptors (Lipinski definition) is 2. The van der Waals surface area contributed by atoms with Crippen LogP contribution in [0.4, 0.5) is 20.6 Å². The maximum absolute atomic E-state index is 13.3. The summed E-state index contributed by atoms with van der Waals surface area (Å²) in [5.41, 5.74) is 6.20. The van der Waals surface area contributed by atoms with Crippen molar-refractivity contribution in [3.63, 3.8) is 0 Å². The number of hydrogen-bond donors (Lipinski definition) is 2. The van der Waals surface area contributed by atoms with E-state index in [-0.39, 0.29) is 24.1 Å². The number of nitrogens with one attached hydrogen (secondary N) is 1. The number of carbonyl (C=O) groups is 1. The minimum Gasteiger partial charge on any atom is -0.399 e. The molecule has 82 valence electrons. The van der Waals surface area contributed by atoms with Crippen LogP contribution in [0.2, 0.25) is 0 Å². The highest BCUT2D eigenvalue weighted by molar-refractivity contribution is 5.94. The third-order valence-corrected chi connectivity index (χ3v) is 2.12. The van der Waals surface area contributed by atoms with Crippen molar-refractivity contribution < 1.29 is 9.18 Å². The van der Waals surface area contributed by atoms with Gasteiger partial charge < -0.3 is 11.1 Å². The third kappa shape index (κ3) is 2.12. The summed E-state index contributed by atoms with van der Waals surface area (Å²) in [5.74, 6) is -0.434. The Hall–Kier alpha value is -1.49. The van der Waals surface area contributed by atoms with Crippen LogP contribution in [0.5, 0.6) is 0 Å². The number of amides is 2. The fourth-order valence-corrected chi connectivity index (χ4v) is 1.44. The third-order valence-electron chi connectivity index (χ3n) is 2.12. The smallest absolute Gasteiger partial charge is 0.322 e. The van der Waals surface area contributed by atoms with Crippen LogP contribution in [0.3, 0.4) is 0 Å². The number of nitrogens with zero attached hydrogens (tertiary/aromatic N) is 1. The second-order valence-electron chi connectivity index (χ2n) is 3.09. The molecule has 1 aromatic rings. The fourth-order valence-electron chi connectivity index (χ4n) is 1.44. The summed E-state index contributed by atoms with van der Waals surface area (Å²) in [5, 5.41) is 2.59. The molecule has 0 radical (unpaired) electrons. The number of rotatable bonds is 1. The number of benzene rings is 1. The summed E-state index contributed by atoms with van der Waals surface area (Å²) in [6.07, 6.45) is 0. The Labute approximate surface area is 92.7 Å². The molecule has 0 aliphatic carbocycles. The average Bonchev–Trinajstić information content (AvgIpc) is 2.56. The van der Waals surface area contributed by atoms with E-state index in [9.17, 15) is 9.18 Å². The second kappa shape index (κ2) is 4.35. The molecule has 0 unspecified atom stereocenters. The summed E-state index contributed by atoms with van der Waals surface area (Å²) < 4.78 is 13.3. The predicted octanol–water partition coefficient (Wildman–Crippen LogP) is 1.36. The molecule has 2 amide bonds. The van der Waals surface area contributed by atoms with Gasteiger partial charge in [0.2, 0.25) is 0 Å². The van der Waals surface area contributed by atoms with Gasteiger partial charge in [0.1, 0.15) is 5.82 Å². The van der Waals surface area contributed by atoms with Gasteiger partial charge in [-0.3, -0.25) is 4.90 Å². The standard InChI is InChI=1S/C9H10FN3O.ClH/c10-7-2-1-6(11)5-8(7)13-4-3-12-9(13)14;/h1-2,5H,3-4,11H2,(H,12,14);1H. The van der Waals surface area contributed by atoms with E-state index in [2.05, 4.69) is 5.32 Å². The minimum atomic E-state index is -0.434. The van der Waals surface area contributed by atoms with Crippen molar-refractivity contribution in [3.8, 4) is 0 Å². The fraction of sp³-hybridized carbons (Fsp3) is 0.222. The van der Waals surface area contributed by atoms with Gasteiger partial charge in [-0.1, -0.05) is 0 Å². The van der Waals surface area contributed by atoms with E-state index in [0.29, 0.717) is 18.8 Å². The summed E-state index contributed by atoms with van der Waals surface area (Å²) >= 11 is 0. The molecule has 1 fully saturated rings. The molecule has 0 saturated carbocycles. The van der Waals surface area contributed by atoms with E-state index in [1.165, 1.54) is 23.1 Å². The Morgan fingerprint density at radius 2 is 2.20 bits per heavy atom. The van der Waals surface area contributed by atoms with E-state index in [1.807, 2.05) is 0 Å². The molecule has 0 aromatic heterocycles. The van der Waals surface area contributed by atoms with Gasteiger partial charge >= 0.3 is 6.03 Å². The van der Waals surface area contributed by atoms with Crippen molar-refractivity contribution in [3.05, 3.63) is 24.0 Å². The molecule has 6 heteroatoms. The molecule has 1 saturated heterocycles.